The van der Waals surface area contributed by atoms with Crippen molar-refractivity contribution in [2.24, 2.45) is 0 Å². The van der Waals surface area contributed by atoms with Crippen LogP contribution >= 0.6 is 11.8 Å². The minimum atomic E-state index is -3.98. The Bertz CT molecular complexity index is 1570. The summed E-state index contributed by atoms with van der Waals surface area (Å²) in [7, 11) is -3.98. The van der Waals surface area contributed by atoms with E-state index in [1.165, 1.54) is 12.4 Å². The number of anilines is 1. The molecule has 0 fully saturated rings. The molecule has 10 heteroatoms. The van der Waals surface area contributed by atoms with E-state index in [2.05, 4.69) is 24.9 Å². The molecule has 3 aromatic carbocycles. The van der Waals surface area contributed by atoms with Gasteiger partial charge in [0.25, 0.3) is 10.0 Å². The number of rotatable bonds is 5. The number of nitrogens with zero attached hydrogens (tertiary/aromatic N) is 3. The fourth-order valence-electron chi connectivity index (χ4n) is 3.48. The van der Waals surface area contributed by atoms with Gasteiger partial charge in [-0.1, -0.05) is 42.5 Å². The second-order valence-corrected chi connectivity index (χ2v) is 9.78. The fraction of sp³-hybridized carbons (Fsp3) is 0.0455. The summed E-state index contributed by atoms with van der Waals surface area (Å²) in [5, 5.41) is 19.6. The first-order valence-electron chi connectivity index (χ1n) is 9.59. The lowest BCUT2D eigenvalue weighted by molar-refractivity contribution is 0.469. The van der Waals surface area contributed by atoms with Crippen LogP contribution in [0.1, 0.15) is 5.69 Å². The summed E-state index contributed by atoms with van der Waals surface area (Å²) in [6.45, 7) is 1.82. The maximum Gasteiger partial charge on any atom is 0.264 e. The molecule has 5 aromatic rings. The molecule has 0 aliphatic carbocycles. The molecule has 8 nitrogen and oxygen atoms in total. The summed E-state index contributed by atoms with van der Waals surface area (Å²) in [5.74, 6) is 0.0346. The first kappa shape index (κ1) is 20.3. The van der Waals surface area contributed by atoms with Gasteiger partial charge in [-0.05, 0) is 36.9 Å². The molecule has 5 rings (SSSR count). The van der Waals surface area contributed by atoms with Gasteiger partial charge in [0.15, 0.2) is 5.16 Å². The normalized spacial score (nSPS) is 11.8. The predicted molar refractivity (Wildman–Crippen MR) is 123 cm³/mol. The molecule has 2 heterocycles. The van der Waals surface area contributed by atoms with Crippen LogP contribution in [-0.2, 0) is 10.0 Å². The number of phenolic OH excluding ortho intramolecular Hbond substituents is 1. The van der Waals surface area contributed by atoms with Crippen LogP contribution in [-0.4, -0.2) is 33.7 Å². The molecule has 0 saturated carbocycles. The third-order valence-corrected chi connectivity index (χ3v) is 7.26. The molecule has 0 amide bonds. The molecule has 0 aliphatic heterocycles. The predicted octanol–water partition coefficient (Wildman–Crippen LogP) is 4.47. The summed E-state index contributed by atoms with van der Waals surface area (Å²) in [4.78, 5) is 9.03. The Morgan fingerprint density at radius 2 is 1.84 bits per heavy atom. The zero-order valence-corrected chi connectivity index (χ0v) is 18.4. The lowest BCUT2D eigenvalue weighted by atomic mass is 10.1. The topological polar surface area (TPSA) is 121 Å². The van der Waals surface area contributed by atoms with Crippen molar-refractivity contribution in [1.82, 2.24) is 20.2 Å². The first-order valence-corrected chi connectivity index (χ1v) is 11.9. The van der Waals surface area contributed by atoms with Gasteiger partial charge in [-0.2, -0.15) is 5.10 Å². The van der Waals surface area contributed by atoms with Gasteiger partial charge in [0.2, 0.25) is 0 Å². The van der Waals surface area contributed by atoms with Crippen LogP contribution < -0.4 is 4.72 Å². The quantitative estimate of drug-likeness (QED) is 0.329. The molecule has 160 valence electrons. The molecular weight excluding hydrogens is 446 g/mol. The van der Waals surface area contributed by atoms with Crippen molar-refractivity contribution >= 4 is 49.1 Å². The maximum atomic E-state index is 13.4. The lowest BCUT2D eigenvalue weighted by Gasteiger charge is -2.15. The van der Waals surface area contributed by atoms with Crippen molar-refractivity contribution in [1.29, 1.82) is 0 Å². The third kappa shape index (κ3) is 3.63. The Hall–Kier alpha value is -3.63. The van der Waals surface area contributed by atoms with Gasteiger partial charge in [0.05, 0.1) is 16.1 Å². The molecule has 32 heavy (non-hydrogen) atoms. The van der Waals surface area contributed by atoms with E-state index in [0.29, 0.717) is 32.0 Å². The summed E-state index contributed by atoms with van der Waals surface area (Å²) in [6.07, 6.45) is 1.36. The molecular formula is C22H17N5O3S2. The number of aromatic nitrogens is 4. The van der Waals surface area contributed by atoms with Crippen LogP contribution in [0.25, 0.3) is 21.7 Å². The van der Waals surface area contributed by atoms with Crippen molar-refractivity contribution in [3.63, 3.8) is 0 Å². The summed E-state index contributed by atoms with van der Waals surface area (Å²) in [6, 6.07) is 17.4. The van der Waals surface area contributed by atoms with Crippen LogP contribution in [0.4, 0.5) is 5.69 Å². The number of hydrogen-bond donors (Lipinski definition) is 3. The number of aromatic amines is 1. The molecule has 0 saturated heterocycles. The van der Waals surface area contributed by atoms with E-state index in [0.717, 1.165) is 22.8 Å². The Kier molecular flexibility index (Phi) is 4.95. The molecule has 0 spiro atoms. The van der Waals surface area contributed by atoms with E-state index in [-0.39, 0.29) is 10.6 Å². The van der Waals surface area contributed by atoms with Gasteiger partial charge in [-0.15, -0.1) is 0 Å². The number of aryl methyl sites for hydroxylation is 1. The van der Waals surface area contributed by atoms with Crippen LogP contribution in [0.3, 0.4) is 0 Å². The summed E-state index contributed by atoms with van der Waals surface area (Å²) < 4.78 is 29.6. The van der Waals surface area contributed by atoms with E-state index < -0.39 is 10.0 Å². The van der Waals surface area contributed by atoms with Gasteiger partial charge < -0.3 is 5.11 Å². The molecule has 2 aromatic heterocycles. The number of hydrogen-bond acceptors (Lipinski definition) is 7. The standard InChI is InChI=1S/C22H17N5O3S2/c1-13-9-10-14-5-4-8-19(20(14)25-13)32(29,30)27-17-11-18(31-22-23-12-24-26-22)21(28)16-7-3-2-6-15(16)17/h2-12,27-28H,1H3,(H,23,24,26). The highest BCUT2D eigenvalue weighted by molar-refractivity contribution is 7.99. The minimum absolute atomic E-state index is 0.0346. The number of pyridine rings is 1. The molecule has 0 bridgehead atoms. The minimum Gasteiger partial charge on any atom is -0.506 e. The fourth-order valence-corrected chi connectivity index (χ4v) is 5.51. The number of H-pyrrole nitrogens is 1. The molecule has 0 radical (unpaired) electrons. The Labute approximate surface area is 187 Å². The third-order valence-electron chi connectivity index (χ3n) is 4.94. The van der Waals surface area contributed by atoms with Crippen LogP contribution in [0.15, 0.2) is 81.9 Å². The number of phenols is 1. The molecule has 3 N–H and O–H groups in total. The number of nitrogens with one attached hydrogen (secondary N) is 2. The molecule has 0 aliphatic rings. The number of para-hydroxylation sites is 1. The monoisotopic (exact) mass is 463 g/mol. The van der Waals surface area contributed by atoms with Crippen molar-refractivity contribution in [2.75, 3.05) is 4.72 Å². The highest BCUT2D eigenvalue weighted by atomic mass is 32.2. The largest absolute Gasteiger partial charge is 0.506 e. The van der Waals surface area contributed by atoms with Crippen molar-refractivity contribution in [3.8, 4) is 5.75 Å². The van der Waals surface area contributed by atoms with Crippen molar-refractivity contribution in [3.05, 3.63) is 72.7 Å². The molecule has 0 atom stereocenters. The van der Waals surface area contributed by atoms with E-state index in [1.807, 2.05) is 25.1 Å². The number of fused-ring (bicyclic) bond motifs is 2. The van der Waals surface area contributed by atoms with E-state index in [1.54, 1.807) is 36.4 Å². The van der Waals surface area contributed by atoms with E-state index >= 15 is 0 Å². The van der Waals surface area contributed by atoms with Crippen LogP contribution in [0, 0.1) is 6.92 Å². The van der Waals surface area contributed by atoms with Crippen LogP contribution in [0.5, 0.6) is 5.75 Å². The maximum absolute atomic E-state index is 13.4. The van der Waals surface area contributed by atoms with Crippen LogP contribution in [0.2, 0.25) is 0 Å². The second-order valence-electron chi connectivity index (χ2n) is 7.10. The average Bonchev–Trinajstić information content (AvgIpc) is 3.29. The Morgan fingerprint density at radius 3 is 2.62 bits per heavy atom. The average molecular weight is 464 g/mol. The number of benzene rings is 3. The van der Waals surface area contributed by atoms with Gasteiger partial charge in [0, 0.05) is 21.9 Å². The van der Waals surface area contributed by atoms with Gasteiger partial charge in [0.1, 0.15) is 17.0 Å². The zero-order valence-electron chi connectivity index (χ0n) is 16.8. The zero-order chi connectivity index (χ0) is 22.3. The van der Waals surface area contributed by atoms with Crippen molar-refractivity contribution < 1.29 is 13.5 Å². The highest BCUT2D eigenvalue weighted by Crippen LogP contribution is 2.42. The van der Waals surface area contributed by atoms with E-state index in [9.17, 15) is 13.5 Å². The Morgan fingerprint density at radius 1 is 1.03 bits per heavy atom. The Balaban J connectivity index is 1.65. The highest BCUT2D eigenvalue weighted by Gasteiger charge is 2.22. The number of sulfonamides is 1. The lowest BCUT2D eigenvalue weighted by Crippen LogP contribution is -2.14. The summed E-state index contributed by atoms with van der Waals surface area (Å²) in [5.41, 5.74) is 1.46. The van der Waals surface area contributed by atoms with Crippen molar-refractivity contribution in [2.45, 2.75) is 21.9 Å². The second kappa shape index (κ2) is 7.81. The van der Waals surface area contributed by atoms with Gasteiger partial charge >= 0.3 is 0 Å². The summed E-state index contributed by atoms with van der Waals surface area (Å²) >= 11 is 1.15. The smallest absolute Gasteiger partial charge is 0.264 e. The van der Waals surface area contributed by atoms with Gasteiger partial charge in [-0.25, -0.2) is 13.4 Å². The molecule has 0 unspecified atom stereocenters. The number of aromatic hydroxyl groups is 1. The SMILES string of the molecule is Cc1ccc2cccc(S(=O)(=O)Nc3cc(Sc4ncn[nH]4)c(O)c4ccccc34)c2n1. The first-order chi connectivity index (χ1) is 15.4. The van der Waals surface area contributed by atoms with E-state index in [4.69, 9.17) is 0 Å². The van der Waals surface area contributed by atoms with Gasteiger partial charge in [-0.3, -0.25) is 14.8 Å².